The van der Waals surface area contributed by atoms with Crippen LogP contribution in [0.5, 0.6) is 5.75 Å². The lowest BCUT2D eigenvalue weighted by Gasteiger charge is -2.13. The largest absolute Gasteiger partial charge is 0.496 e. The number of rotatable bonds is 5. The summed E-state index contributed by atoms with van der Waals surface area (Å²) < 4.78 is 14.4. The molecule has 0 aliphatic carbocycles. The van der Waals surface area contributed by atoms with E-state index < -0.39 is 24.1 Å². The number of carbonyl (C=O) groups excluding carboxylic acids is 3. The zero-order valence-electron chi connectivity index (χ0n) is 13.0. The molecule has 0 saturated carbocycles. The third kappa shape index (κ3) is 5.08. The van der Waals surface area contributed by atoms with Crippen molar-refractivity contribution in [3.05, 3.63) is 29.3 Å². The van der Waals surface area contributed by atoms with E-state index in [1.807, 2.05) is 18.3 Å². The number of imide groups is 1. The number of ether oxygens (including phenoxy) is 3. The minimum absolute atomic E-state index is 0.0410. The lowest BCUT2D eigenvalue weighted by Crippen LogP contribution is -2.39. The molecule has 1 atom stereocenters. The summed E-state index contributed by atoms with van der Waals surface area (Å²) >= 11 is 0. The molecule has 0 bridgehead atoms. The number of nitrogens with one attached hydrogen (secondary N) is 1. The van der Waals surface area contributed by atoms with E-state index in [9.17, 15) is 14.4 Å². The van der Waals surface area contributed by atoms with Gasteiger partial charge in [0.05, 0.1) is 20.6 Å². The van der Waals surface area contributed by atoms with Gasteiger partial charge in [0.2, 0.25) is 0 Å². The minimum Gasteiger partial charge on any atom is -0.496 e. The fraction of sp³-hybridized carbons (Fsp3) is 0.400. The lowest BCUT2D eigenvalue weighted by molar-refractivity contribution is -0.153. The normalized spacial score (nSPS) is 11.3. The molecule has 1 N–H and O–H groups in total. The molecule has 1 aromatic carbocycles. The van der Waals surface area contributed by atoms with Crippen LogP contribution in [0, 0.1) is 6.92 Å². The highest BCUT2D eigenvalue weighted by Gasteiger charge is 2.21. The Balaban J connectivity index is 2.64. The lowest BCUT2D eigenvalue weighted by atomic mass is 10.1. The van der Waals surface area contributed by atoms with Gasteiger partial charge >= 0.3 is 12.1 Å². The fourth-order valence-corrected chi connectivity index (χ4v) is 1.75. The second-order valence-electron chi connectivity index (χ2n) is 4.60. The molecule has 0 saturated heterocycles. The Labute approximate surface area is 128 Å². The first-order valence-corrected chi connectivity index (χ1v) is 6.59. The third-order valence-electron chi connectivity index (χ3n) is 2.86. The molecule has 1 rings (SSSR count). The smallest absolute Gasteiger partial charge is 0.413 e. The molecule has 0 unspecified atom stereocenters. The molecule has 22 heavy (non-hydrogen) atoms. The van der Waals surface area contributed by atoms with Gasteiger partial charge in [-0.1, -0.05) is 17.7 Å². The minimum atomic E-state index is -1.11. The van der Waals surface area contributed by atoms with Crippen LogP contribution >= 0.6 is 0 Å². The van der Waals surface area contributed by atoms with Gasteiger partial charge in [0, 0.05) is 5.56 Å². The van der Waals surface area contributed by atoms with Crippen LogP contribution in [-0.4, -0.2) is 38.3 Å². The summed E-state index contributed by atoms with van der Waals surface area (Å²) in [4.78, 5) is 34.4. The van der Waals surface area contributed by atoms with Crippen molar-refractivity contribution in [1.82, 2.24) is 5.32 Å². The SMILES string of the molecule is COC(=O)NC(=O)[C@H](C)OC(=O)Cc1cc(C)ccc1OC. The number of aryl methyl sites for hydroxylation is 1. The van der Waals surface area contributed by atoms with Crippen molar-refractivity contribution >= 4 is 18.0 Å². The average Bonchev–Trinajstić information content (AvgIpc) is 2.47. The van der Waals surface area contributed by atoms with Gasteiger partial charge in [-0.3, -0.25) is 14.9 Å². The summed E-state index contributed by atoms with van der Waals surface area (Å²) in [6, 6.07) is 5.42. The molecule has 7 nitrogen and oxygen atoms in total. The molecule has 2 amide bonds. The Morgan fingerprint density at radius 1 is 1.23 bits per heavy atom. The van der Waals surface area contributed by atoms with Crippen molar-refractivity contribution < 1.29 is 28.6 Å². The topological polar surface area (TPSA) is 90.9 Å². The van der Waals surface area contributed by atoms with Gasteiger partial charge < -0.3 is 14.2 Å². The van der Waals surface area contributed by atoms with Gasteiger partial charge in [0.15, 0.2) is 6.10 Å². The number of esters is 1. The molecule has 0 aromatic heterocycles. The Kier molecular flexibility index (Phi) is 6.37. The van der Waals surface area contributed by atoms with Crippen LogP contribution in [0.2, 0.25) is 0 Å². The maximum Gasteiger partial charge on any atom is 0.413 e. The quantitative estimate of drug-likeness (QED) is 0.826. The van der Waals surface area contributed by atoms with Gasteiger partial charge in [0.25, 0.3) is 5.91 Å². The van der Waals surface area contributed by atoms with E-state index in [2.05, 4.69) is 4.74 Å². The Hall–Kier alpha value is -2.57. The number of benzene rings is 1. The summed E-state index contributed by atoms with van der Waals surface area (Å²) in [5.41, 5.74) is 1.63. The van der Waals surface area contributed by atoms with Crippen molar-refractivity contribution in [1.29, 1.82) is 0 Å². The predicted octanol–water partition coefficient (Wildman–Crippen LogP) is 1.36. The summed E-state index contributed by atoms with van der Waals surface area (Å²) in [5, 5.41) is 1.93. The van der Waals surface area contributed by atoms with Crippen LogP contribution in [0.1, 0.15) is 18.1 Å². The maximum atomic E-state index is 11.9. The number of alkyl carbamates (subject to hydrolysis) is 1. The van der Waals surface area contributed by atoms with E-state index in [0.717, 1.165) is 12.7 Å². The summed E-state index contributed by atoms with van der Waals surface area (Å²) in [6.07, 6.45) is -2.06. The summed E-state index contributed by atoms with van der Waals surface area (Å²) in [5.74, 6) is -0.790. The number of amides is 2. The molecular formula is C15H19NO6. The molecule has 0 heterocycles. The number of carbonyl (C=O) groups is 3. The molecule has 0 radical (unpaired) electrons. The summed E-state index contributed by atoms with van der Waals surface area (Å²) in [6.45, 7) is 3.25. The van der Waals surface area contributed by atoms with E-state index >= 15 is 0 Å². The van der Waals surface area contributed by atoms with Gasteiger partial charge in [-0.2, -0.15) is 0 Å². The van der Waals surface area contributed by atoms with Crippen molar-refractivity contribution in [3.8, 4) is 5.75 Å². The van der Waals surface area contributed by atoms with Crippen molar-refractivity contribution in [2.75, 3.05) is 14.2 Å². The number of methoxy groups -OCH3 is 2. The van der Waals surface area contributed by atoms with E-state index in [-0.39, 0.29) is 6.42 Å². The highest BCUT2D eigenvalue weighted by molar-refractivity contribution is 5.95. The second kappa shape index (κ2) is 8.02. The molecule has 120 valence electrons. The molecule has 0 spiro atoms. The van der Waals surface area contributed by atoms with Crippen LogP contribution in [0.3, 0.4) is 0 Å². The third-order valence-corrected chi connectivity index (χ3v) is 2.86. The van der Waals surface area contributed by atoms with E-state index in [0.29, 0.717) is 11.3 Å². The Bertz CT molecular complexity index is 569. The van der Waals surface area contributed by atoms with Crippen LogP contribution in [0.25, 0.3) is 0 Å². The highest BCUT2D eigenvalue weighted by atomic mass is 16.6. The first-order valence-electron chi connectivity index (χ1n) is 6.59. The van der Waals surface area contributed by atoms with E-state index in [1.54, 1.807) is 12.1 Å². The number of hydrogen-bond donors (Lipinski definition) is 1. The first kappa shape index (κ1) is 17.5. The molecule has 0 aliphatic heterocycles. The zero-order chi connectivity index (χ0) is 16.7. The Morgan fingerprint density at radius 3 is 2.50 bits per heavy atom. The molecule has 0 fully saturated rings. The zero-order valence-corrected chi connectivity index (χ0v) is 13.0. The Morgan fingerprint density at radius 2 is 1.91 bits per heavy atom. The standard InChI is InChI=1S/C15H19NO6/c1-9-5-6-12(20-3)11(7-9)8-13(17)22-10(2)14(18)16-15(19)21-4/h5-7,10H,8H2,1-4H3,(H,16,18,19)/t10-/m0/s1. The maximum absolute atomic E-state index is 11.9. The van der Waals surface area contributed by atoms with Crippen LogP contribution < -0.4 is 10.1 Å². The number of hydrogen-bond acceptors (Lipinski definition) is 6. The molecule has 1 aromatic rings. The predicted molar refractivity (Wildman–Crippen MR) is 77.5 cm³/mol. The highest BCUT2D eigenvalue weighted by Crippen LogP contribution is 2.20. The average molecular weight is 309 g/mol. The van der Waals surface area contributed by atoms with Crippen molar-refractivity contribution in [2.45, 2.75) is 26.4 Å². The van der Waals surface area contributed by atoms with Crippen LogP contribution in [0.4, 0.5) is 4.79 Å². The van der Waals surface area contributed by atoms with Crippen molar-refractivity contribution in [2.24, 2.45) is 0 Å². The van der Waals surface area contributed by atoms with Crippen LogP contribution in [0.15, 0.2) is 18.2 Å². The molecule has 0 aliphatic rings. The van der Waals surface area contributed by atoms with Gasteiger partial charge in [-0.25, -0.2) is 4.79 Å². The van der Waals surface area contributed by atoms with Crippen molar-refractivity contribution in [3.63, 3.8) is 0 Å². The fourth-order valence-electron chi connectivity index (χ4n) is 1.75. The first-order chi connectivity index (χ1) is 10.4. The van der Waals surface area contributed by atoms with E-state index in [1.165, 1.54) is 14.0 Å². The summed E-state index contributed by atoms with van der Waals surface area (Å²) in [7, 11) is 2.63. The molecule has 7 heteroatoms. The second-order valence-corrected chi connectivity index (χ2v) is 4.60. The van der Waals surface area contributed by atoms with Crippen LogP contribution in [-0.2, 0) is 25.5 Å². The van der Waals surface area contributed by atoms with Gasteiger partial charge in [0.1, 0.15) is 5.75 Å². The van der Waals surface area contributed by atoms with E-state index in [4.69, 9.17) is 9.47 Å². The van der Waals surface area contributed by atoms with Gasteiger partial charge in [-0.05, 0) is 19.9 Å². The molecular weight excluding hydrogens is 290 g/mol. The van der Waals surface area contributed by atoms with Gasteiger partial charge in [-0.15, -0.1) is 0 Å². The monoisotopic (exact) mass is 309 g/mol.